The molecule has 0 radical (unpaired) electrons. The summed E-state index contributed by atoms with van der Waals surface area (Å²) >= 11 is 6.48. The van der Waals surface area contributed by atoms with Gasteiger partial charge in [-0.3, -0.25) is 4.52 Å². The number of hydrogen-bond acceptors (Lipinski definition) is 6. The smallest absolute Gasteiger partial charge is 0.295 e. The van der Waals surface area contributed by atoms with Crippen molar-refractivity contribution in [3.8, 4) is 11.6 Å². The summed E-state index contributed by atoms with van der Waals surface area (Å²) in [5.74, 6) is -0.0950. The number of para-hydroxylation sites is 1. The molecule has 25 heavy (non-hydrogen) atoms. The van der Waals surface area contributed by atoms with Gasteiger partial charge in [-0.2, -0.15) is 0 Å². The van der Waals surface area contributed by atoms with Gasteiger partial charge in [0.05, 0.1) is 22.8 Å². The summed E-state index contributed by atoms with van der Waals surface area (Å²) in [4.78, 5) is 24.9. The standard InChI is InChI=1S/C17H12ClN5O2/c1-10-11-5-2-3-6-12(11)21-13(14(10)18)9-23-16(22-25-17(23)24)15-19-7-4-8-20-15/h2-8H,9H2,1H3. The van der Waals surface area contributed by atoms with E-state index in [1.54, 1.807) is 18.5 Å². The molecule has 4 aromatic rings. The summed E-state index contributed by atoms with van der Waals surface area (Å²) in [6.45, 7) is 2.04. The van der Waals surface area contributed by atoms with Crippen molar-refractivity contribution in [1.29, 1.82) is 0 Å². The molecule has 3 aromatic heterocycles. The van der Waals surface area contributed by atoms with Crippen molar-refractivity contribution in [1.82, 2.24) is 24.7 Å². The Morgan fingerprint density at radius 1 is 1.16 bits per heavy atom. The summed E-state index contributed by atoms with van der Waals surface area (Å²) in [7, 11) is 0. The third-order valence-corrected chi connectivity index (χ3v) is 4.41. The summed E-state index contributed by atoms with van der Waals surface area (Å²) in [5.41, 5.74) is 2.27. The molecule has 3 heterocycles. The Labute approximate surface area is 146 Å². The van der Waals surface area contributed by atoms with Crippen molar-refractivity contribution < 1.29 is 4.52 Å². The van der Waals surface area contributed by atoms with Crippen molar-refractivity contribution >= 4 is 22.5 Å². The molecule has 0 bridgehead atoms. The summed E-state index contributed by atoms with van der Waals surface area (Å²) in [5, 5.41) is 5.26. The quantitative estimate of drug-likeness (QED) is 0.563. The lowest BCUT2D eigenvalue weighted by molar-refractivity contribution is 0.378. The molecule has 1 aromatic carbocycles. The SMILES string of the molecule is Cc1c(Cl)c(Cn2c(-c3ncccn3)noc2=O)nc2ccccc12. The Kier molecular flexibility index (Phi) is 3.77. The van der Waals surface area contributed by atoms with Crippen LogP contribution in [-0.2, 0) is 6.54 Å². The van der Waals surface area contributed by atoms with Crippen LogP contribution in [-0.4, -0.2) is 24.7 Å². The number of halogens is 1. The van der Waals surface area contributed by atoms with Crippen LogP contribution < -0.4 is 5.76 Å². The van der Waals surface area contributed by atoms with Gasteiger partial charge in [0, 0.05) is 17.8 Å². The number of hydrogen-bond donors (Lipinski definition) is 0. The molecule has 0 saturated heterocycles. The first-order chi connectivity index (χ1) is 12.1. The zero-order valence-corrected chi connectivity index (χ0v) is 13.9. The van der Waals surface area contributed by atoms with E-state index in [9.17, 15) is 4.79 Å². The highest BCUT2D eigenvalue weighted by Crippen LogP contribution is 2.27. The number of benzene rings is 1. The van der Waals surface area contributed by atoms with Gasteiger partial charge in [0.1, 0.15) is 0 Å². The Hall–Kier alpha value is -3.06. The highest BCUT2D eigenvalue weighted by Gasteiger charge is 2.18. The number of rotatable bonds is 3. The van der Waals surface area contributed by atoms with Crippen LogP contribution in [0.25, 0.3) is 22.6 Å². The maximum absolute atomic E-state index is 12.1. The Morgan fingerprint density at radius 3 is 2.72 bits per heavy atom. The van der Waals surface area contributed by atoms with E-state index >= 15 is 0 Å². The van der Waals surface area contributed by atoms with E-state index in [0.717, 1.165) is 16.5 Å². The van der Waals surface area contributed by atoms with Crippen molar-refractivity contribution in [3.05, 3.63) is 69.6 Å². The number of fused-ring (bicyclic) bond motifs is 1. The summed E-state index contributed by atoms with van der Waals surface area (Å²) in [6, 6.07) is 9.38. The van der Waals surface area contributed by atoms with E-state index in [1.807, 2.05) is 31.2 Å². The molecule has 0 amide bonds. The Morgan fingerprint density at radius 2 is 1.92 bits per heavy atom. The second kappa shape index (κ2) is 6.10. The van der Waals surface area contributed by atoms with Crippen molar-refractivity contribution in [3.63, 3.8) is 0 Å². The molecule has 0 atom stereocenters. The third kappa shape index (κ3) is 2.68. The van der Waals surface area contributed by atoms with Gasteiger partial charge >= 0.3 is 5.76 Å². The van der Waals surface area contributed by atoms with Crippen LogP contribution >= 0.6 is 11.6 Å². The zero-order chi connectivity index (χ0) is 17.4. The van der Waals surface area contributed by atoms with Gasteiger partial charge in [-0.05, 0) is 24.6 Å². The topological polar surface area (TPSA) is 86.7 Å². The normalized spacial score (nSPS) is 11.1. The lowest BCUT2D eigenvalue weighted by atomic mass is 10.1. The van der Waals surface area contributed by atoms with E-state index in [2.05, 4.69) is 20.1 Å². The Bertz CT molecular complexity index is 1120. The van der Waals surface area contributed by atoms with Gasteiger partial charge in [0.25, 0.3) is 0 Å². The first kappa shape index (κ1) is 15.5. The molecule has 0 aliphatic carbocycles. The fraction of sp³-hybridized carbons (Fsp3) is 0.118. The molecule has 7 nitrogen and oxygen atoms in total. The molecular formula is C17H12ClN5O2. The molecular weight excluding hydrogens is 342 g/mol. The highest BCUT2D eigenvalue weighted by atomic mass is 35.5. The van der Waals surface area contributed by atoms with E-state index < -0.39 is 5.76 Å². The molecule has 0 aliphatic rings. The molecule has 8 heteroatoms. The molecule has 0 unspecified atom stereocenters. The highest BCUT2D eigenvalue weighted by molar-refractivity contribution is 6.32. The largest absolute Gasteiger partial charge is 0.442 e. The van der Waals surface area contributed by atoms with Crippen molar-refractivity contribution in [2.24, 2.45) is 0 Å². The summed E-state index contributed by atoms with van der Waals surface area (Å²) in [6.07, 6.45) is 3.13. The minimum atomic E-state index is -0.619. The maximum atomic E-state index is 12.1. The van der Waals surface area contributed by atoms with Gasteiger partial charge in [-0.15, -0.1) is 0 Å². The second-order valence-electron chi connectivity index (χ2n) is 5.45. The van der Waals surface area contributed by atoms with E-state index in [1.165, 1.54) is 4.57 Å². The first-order valence-corrected chi connectivity index (χ1v) is 7.90. The molecule has 124 valence electrons. The van der Waals surface area contributed by atoms with Gasteiger partial charge < -0.3 is 0 Å². The average molecular weight is 354 g/mol. The number of aromatic nitrogens is 5. The van der Waals surface area contributed by atoms with Crippen LogP contribution in [0.4, 0.5) is 0 Å². The van der Waals surface area contributed by atoms with Crippen LogP contribution in [0.15, 0.2) is 52.0 Å². The predicted octanol–water partition coefficient (Wildman–Crippen LogP) is 2.85. The fourth-order valence-corrected chi connectivity index (χ4v) is 2.86. The van der Waals surface area contributed by atoms with Crippen molar-refractivity contribution in [2.45, 2.75) is 13.5 Å². The number of nitrogens with zero attached hydrogens (tertiary/aromatic N) is 5. The van der Waals surface area contributed by atoms with Crippen LogP contribution in [0, 0.1) is 6.92 Å². The zero-order valence-electron chi connectivity index (χ0n) is 13.2. The molecule has 0 fully saturated rings. The number of aryl methyl sites for hydroxylation is 1. The van der Waals surface area contributed by atoms with E-state index in [0.29, 0.717) is 16.5 Å². The third-order valence-electron chi connectivity index (χ3n) is 3.91. The average Bonchev–Trinajstić information content (AvgIpc) is 3.01. The second-order valence-corrected chi connectivity index (χ2v) is 5.82. The van der Waals surface area contributed by atoms with Gasteiger partial charge in [-0.25, -0.2) is 24.3 Å². The number of pyridine rings is 1. The van der Waals surface area contributed by atoms with Gasteiger partial charge in [0.15, 0.2) is 5.82 Å². The van der Waals surface area contributed by atoms with Crippen LogP contribution in [0.2, 0.25) is 5.02 Å². The van der Waals surface area contributed by atoms with Crippen LogP contribution in [0.1, 0.15) is 11.3 Å². The Balaban J connectivity index is 1.85. The minimum absolute atomic E-state index is 0.112. The van der Waals surface area contributed by atoms with Gasteiger partial charge in [0.2, 0.25) is 5.82 Å². The van der Waals surface area contributed by atoms with Crippen LogP contribution in [0.3, 0.4) is 0 Å². The first-order valence-electron chi connectivity index (χ1n) is 7.53. The summed E-state index contributed by atoms with van der Waals surface area (Å²) < 4.78 is 6.10. The molecule has 0 aliphatic heterocycles. The molecule has 4 rings (SSSR count). The van der Waals surface area contributed by atoms with Crippen molar-refractivity contribution in [2.75, 3.05) is 0 Å². The predicted molar refractivity (Wildman–Crippen MR) is 92.4 cm³/mol. The molecule has 0 saturated carbocycles. The lowest BCUT2D eigenvalue weighted by Crippen LogP contribution is -2.18. The van der Waals surface area contributed by atoms with Gasteiger partial charge in [-0.1, -0.05) is 35.0 Å². The monoisotopic (exact) mass is 353 g/mol. The van der Waals surface area contributed by atoms with E-state index in [-0.39, 0.29) is 12.4 Å². The maximum Gasteiger partial charge on any atom is 0.442 e. The molecule has 0 N–H and O–H groups in total. The molecule has 0 spiro atoms. The lowest BCUT2D eigenvalue weighted by Gasteiger charge is -2.10. The fourth-order valence-electron chi connectivity index (χ4n) is 2.65. The van der Waals surface area contributed by atoms with E-state index in [4.69, 9.17) is 16.1 Å². The minimum Gasteiger partial charge on any atom is -0.295 e. The van der Waals surface area contributed by atoms with Crippen LogP contribution in [0.5, 0.6) is 0 Å².